The molecule has 0 spiro atoms. The van der Waals surface area contributed by atoms with Gasteiger partial charge in [0, 0.05) is 0 Å². The van der Waals surface area contributed by atoms with Crippen LogP contribution >= 0.6 is 0 Å². The maximum absolute atomic E-state index is 10.2. The van der Waals surface area contributed by atoms with E-state index in [9.17, 15) is 20.2 Å². The molecule has 1 aliphatic rings. The Morgan fingerprint density at radius 3 is 2.44 bits per heavy atom. The highest BCUT2D eigenvalue weighted by Crippen LogP contribution is 2.22. The summed E-state index contributed by atoms with van der Waals surface area (Å²) in [5, 5.41) is 31.1. The van der Waals surface area contributed by atoms with Crippen LogP contribution in [0.3, 0.4) is 0 Å². The van der Waals surface area contributed by atoms with Crippen molar-refractivity contribution in [3.05, 3.63) is 29.2 Å². The number of aliphatic hydroxyl groups is 3. The molecule has 18 heavy (non-hydrogen) atoms. The lowest BCUT2D eigenvalue weighted by molar-refractivity contribution is -0.242. The standard InChI is InChI=1S/C11H13NO6/c13-8-5-17-11(10(15)9(8)14)18-7-3-1-6(12-16)2-4-7/h1-4,8-11,13-15H,5H2/t8-,9?,10-,11?/m1/s1. The maximum atomic E-state index is 10.2. The van der Waals surface area contributed by atoms with Crippen LogP contribution in [0, 0.1) is 4.91 Å². The summed E-state index contributed by atoms with van der Waals surface area (Å²) in [5.74, 6) is 0.357. The molecule has 0 amide bonds. The van der Waals surface area contributed by atoms with Gasteiger partial charge in [-0.05, 0) is 29.4 Å². The van der Waals surface area contributed by atoms with Crippen LogP contribution in [-0.2, 0) is 4.74 Å². The van der Waals surface area contributed by atoms with Crippen molar-refractivity contribution < 1.29 is 24.8 Å². The van der Waals surface area contributed by atoms with Crippen molar-refractivity contribution in [1.82, 2.24) is 0 Å². The lowest BCUT2D eigenvalue weighted by atomic mass is 10.1. The number of rotatable bonds is 3. The SMILES string of the molecule is O=Nc1ccc(OC2OC[C@@H](O)C(O)[C@H]2O)cc1. The Bertz CT molecular complexity index is 408. The molecule has 1 aromatic rings. The monoisotopic (exact) mass is 255 g/mol. The zero-order chi connectivity index (χ0) is 13.1. The van der Waals surface area contributed by atoms with Crippen LogP contribution < -0.4 is 4.74 Å². The molecule has 3 N–H and O–H groups in total. The van der Waals surface area contributed by atoms with Gasteiger partial charge in [-0.15, -0.1) is 4.91 Å². The number of nitroso groups, excluding NO2 is 1. The molecule has 1 aliphatic heterocycles. The average Bonchev–Trinajstić information content (AvgIpc) is 2.40. The predicted molar refractivity (Wildman–Crippen MR) is 60.3 cm³/mol. The number of ether oxygens (including phenoxy) is 2. The van der Waals surface area contributed by atoms with Gasteiger partial charge in [-0.3, -0.25) is 0 Å². The zero-order valence-electron chi connectivity index (χ0n) is 9.34. The number of hydrogen-bond donors (Lipinski definition) is 3. The molecule has 7 heteroatoms. The molecular formula is C11H13NO6. The van der Waals surface area contributed by atoms with E-state index in [-0.39, 0.29) is 12.3 Å². The third kappa shape index (κ3) is 2.65. The summed E-state index contributed by atoms with van der Waals surface area (Å²) in [4.78, 5) is 10.2. The molecule has 0 bridgehead atoms. The summed E-state index contributed by atoms with van der Waals surface area (Å²) >= 11 is 0. The average molecular weight is 255 g/mol. The van der Waals surface area contributed by atoms with Crippen LogP contribution in [0.1, 0.15) is 0 Å². The number of benzene rings is 1. The van der Waals surface area contributed by atoms with E-state index in [4.69, 9.17) is 9.47 Å². The van der Waals surface area contributed by atoms with Gasteiger partial charge in [0.1, 0.15) is 29.7 Å². The van der Waals surface area contributed by atoms with Crippen molar-refractivity contribution in [3.63, 3.8) is 0 Å². The van der Waals surface area contributed by atoms with Crippen LogP contribution in [-0.4, -0.2) is 46.5 Å². The van der Waals surface area contributed by atoms with Crippen molar-refractivity contribution in [2.75, 3.05) is 6.61 Å². The van der Waals surface area contributed by atoms with Crippen LogP contribution in [0.25, 0.3) is 0 Å². The van der Waals surface area contributed by atoms with E-state index in [1.54, 1.807) is 0 Å². The molecule has 2 unspecified atom stereocenters. The molecule has 2 rings (SSSR count). The van der Waals surface area contributed by atoms with Crippen molar-refractivity contribution in [2.24, 2.45) is 5.18 Å². The minimum Gasteiger partial charge on any atom is -0.462 e. The molecule has 1 aromatic carbocycles. The van der Waals surface area contributed by atoms with Crippen molar-refractivity contribution in [3.8, 4) is 5.75 Å². The second-order valence-electron chi connectivity index (χ2n) is 3.95. The number of hydrogen-bond acceptors (Lipinski definition) is 7. The van der Waals surface area contributed by atoms with Crippen molar-refractivity contribution in [1.29, 1.82) is 0 Å². The van der Waals surface area contributed by atoms with Gasteiger partial charge in [-0.25, -0.2) is 0 Å². The van der Waals surface area contributed by atoms with Gasteiger partial charge in [0.15, 0.2) is 0 Å². The molecule has 0 radical (unpaired) electrons. The largest absolute Gasteiger partial charge is 0.462 e. The Balaban J connectivity index is 2.02. The van der Waals surface area contributed by atoms with Crippen LogP contribution in [0.15, 0.2) is 29.4 Å². The van der Waals surface area contributed by atoms with Crippen LogP contribution in [0.4, 0.5) is 5.69 Å². The van der Waals surface area contributed by atoms with Gasteiger partial charge in [-0.2, -0.15) is 0 Å². The van der Waals surface area contributed by atoms with E-state index >= 15 is 0 Å². The van der Waals surface area contributed by atoms with E-state index in [1.165, 1.54) is 24.3 Å². The van der Waals surface area contributed by atoms with Gasteiger partial charge in [0.05, 0.1) is 6.61 Å². The highest BCUT2D eigenvalue weighted by molar-refractivity contribution is 5.40. The molecule has 7 nitrogen and oxygen atoms in total. The normalized spacial score (nSPS) is 31.9. The fourth-order valence-electron chi connectivity index (χ4n) is 1.60. The van der Waals surface area contributed by atoms with Gasteiger partial charge in [0.2, 0.25) is 6.29 Å². The smallest absolute Gasteiger partial charge is 0.228 e. The first-order valence-electron chi connectivity index (χ1n) is 5.37. The lowest BCUT2D eigenvalue weighted by Crippen LogP contribution is -2.54. The summed E-state index contributed by atoms with van der Waals surface area (Å²) < 4.78 is 10.4. The van der Waals surface area contributed by atoms with Gasteiger partial charge < -0.3 is 24.8 Å². The lowest BCUT2D eigenvalue weighted by Gasteiger charge is -2.34. The first-order valence-corrected chi connectivity index (χ1v) is 5.37. The highest BCUT2D eigenvalue weighted by Gasteiger charge is 2.38. The molecule has 0 aliphatic carbocycles. The molecule has 0 saturated carbocycles. The molecule has 1 heterocycles. The quantitative estimate of drug-likeness (QED) is 0.651. The molecular weight excluding hydrogens is 242 g/mol. The van der Waals surface area contributed by atoms with Gasteiger partial charge >= 0.3 is 0 Å². The fraction of sp³-hybridized carbons (Fsp3) is 0.455. The minimum absolute atomic E-state index is 0.128. The highest BCUT2D eigenvalue weighted by atomic mass is 16.7. The summed E-state index contributed by atoms with van der Waals surface area (Å²) in [5.41, 5.74) is 0.253. The summed E-state index contributed by atoms with van der Waals surface area (Å²) in [6.45, 7) is -0.128. The van der Waals surface area contributed by atoms with E-state index in [0.29, 0.717) is 5.75 Å². The molecule has 4 atom stereocenters. The van der Waals surface area contributed by atoms with Gasteiger partial charge in [0.25, 0.3) is 0 Å². The first-order chi connectivity index (χ1) is 8.61. The van der Waals surface area contributed by atoms with E-state index < -0.39 is 24.6 Å². The Kier molecular flexibility index (Phi) is 3.87. The zero-order valence-corrected chi connectivity index (χ0v) is 9.34. The summed E-state index contributed by atoms with van der Waals surface area (Å²) in [6.07, 6.45) is -4.88. The van der Waals surface area contributed by atoms with E-state index in [0.717, 1.165) is 0 Å². The van der Waals surface area contributed by atoms with Crippen molar-refractivity contribution in [2.45, 2.75) is 24.6 Å². The van der Waals surface area contributed by atoms with Crippen LogP contribution in [0.5, 0.6) is 5.75 Å². The number of aliphatic hydroxyl groups excluding tert-OH is 3. The topological polar surface area (TPSA) is 109 Å². The molecule has 1 fully saturated rings. The summed E-state index contributed by atoms with van der Waals surface area (Å²) in [7, 11) is 0. The Labute approximate surface area is 103 Å². The maximum Gasteiger partial charge on any atom is 0.228 e. The Hall–Kier alpha value is -1.54. The second-order valence-corrected chi connectivity index (χ2v) is 3.95. The minimum atomic E-state index is -1.35. The van der Waals surface area contributed by atoms with Crippen LogP contribution in [0.2, 0.25) is 0 Å². The first kappa shape index (κ1) is 12.9. The van der Waals surface area contributed by atoms with E-state index in [1.807, 2.05) is 0 Å². The predicted octanol–water partition coefficient (Wildman–Crippen LogP) is -0.0977. The molecule has 0 aromatic heterocycles. The Morgan fingerprint density at radius 2 is 1.83 bits per heavy atom. The Morgan fingerprint density at radius 1 is 1.17 bits per heavy atom. The number of nitrogens with zero attached hydrogens (tertiary/aromatic N) is 1. The van der Waals surface area contributed by atoms with E-state index in [2.05, 4.69) is 5.18 Å². The third-order valence-corrected chi connectivity index (χ3v) is 2.65. The third-order valence-electron chi connectivity index (χ3n) is 2.65. The fourth-order valence-corrected chi connectivity index (χ4v) is 1.60. The van der Waals surface area contributed by atoms with Crippen molar-refractivity contribution >= 4 is 5.69 Å². The molecule has 98 valence electrons. The summed E-state index contributed by atoms with van der Waals surface area (Å²) in [6, 6.07) is 5.88. The van der Waals surface area contributed by atoms with Gasteiger partial charge in [-0.1, -0.05) is 0 Å². The molecule has 1 saturated heterocycles. The second kappa shape index (κ2) is 5.40.